The van der Waals surface area contributed by atoms with Crippen molar-refractivity contribution in [3.05, 3.63) is 0 Å². The summed E-state index contributed by atoms with van der Waals surface area (Å²) in [7, 11) is 1.39. The molecule has 4 aliphatic carbocycles. The predicted molar refractivity (Wildman–Crippen MR) is 96.7 cm³/mol. The standard InChI is InChI=1S/C21H35NO3/c1-19-10-5-4-6-13(19)7-8-14-15-9-11-21(24,18(23)25-3)20(15,2)12-16(22)17(14)19/h13-17,24H,4-12,22H2,1-3H3/t13?,14-,15-,16?,17-,19-,20-,21?/m0/s1. The first-order valence-corrected chi connectivity index (χ1v) is 10.3. The van der Waals surface area contributed by atoms with E-state index >= 15 is 0 Å². The summed E-state index contributed by atoms with van der Waals surface area (Å²) in [5.74, 6) is 1.84. The minimum atomic E-state index is -1.36. The highest BCUT2D eigenvalue weighted by Gasteiger charge is 2.68. The second-order valence-electron chi connectivity index (χ2n) is 10.00. The van der Waals surface area contributed by atoms with Crippen LogP contribution >= 0.6 is 0 Å². The van der Waals surface area contributed by atoms with Crippen molar-refractivity contribution >= 4 is 5.97 Å². The van der Waals surface area contributed by atoms with E-state index in [4.69, 9.17) is 10.5 Å². The molecule has 4 saturated carbocycles. The molecular formula is C21H35NO3. The fourth-order valence-electron chi connectivity index (χ4n) is 8.07. The van der Waals surface area contributed by atoms with Crippen molar-refractivity contribution in [3.8, 4) is 0 Å². The second kappa shape index (κ2) is 5.69. The third-order valence-electron chi connectivity index (χ3n) is 9.26. The number of hydrogen-bond donors (Lipinski definition) is 2. The van der Waals surface area contributed by atoms with E-state index in [1.165, 1.54) is 45.6 Å². The lowest BCUT2D eigenvalue weighted by Crippen LogP contribution is -2.64. The molecule has 3 N–H and O–H groups in total. The minimum absolute atomic E-state index is 0.0754. The molecule has 0 heterocycles. The molecule has 0 aromatic carbocycles. The van der Waals surface area contributed by atoms with Gasteiger partial charge in [0.25, 0.3) is 0 Å². The van der Waals surface area contributed by atoms with Gasteiger partial charge in [-0.1, -0.05) is 26.7 Å². The van der Waals surface area contributed by atoms with Gasteiger partial charge in [0.15, 0.2) is 5.60 Å². The Bertz CT molecular complexity index is 565. The fourth-order valence-corrected chi connectivity index (χ4v) is 8.07. The molecule has 25 heavy (non-hydrogen) atoms. The summed E-state index contributed by atoms with van der Waals surface area (Å²) in [6, 6.07) is 0.0754. The summed E-state index contributed by atoms with van der Waals surface area (Å²) >= 11 is 0. The molecule has 0 radical (unpaired) electrons. The summed E-state index contributed by atoms with van der Waals surface area (Å²) in [6.45, 7) is 4.60. The summed E-state index contributed by atoms with van der Waals surface area (Å²) in [6.07, 6.45) is 10.1. The smallest absolute Gasteiger partial charge is 0.338 e. The van der Waals surface area contributed by atoms with Gasteiger partial charge in [-0.25, -0.2) is 4.79 Å². The van der Waals surface area contributed by atoms with Crippen LogP contribution in [-0.4, -0.2) is 29.8 Å². The van der Waals surface area contributed by atoms with E-state index in [1.807, 2.05) is 0 Å². The molecule has 0 spiro atoms. The maximum absolute atomic E-state index is 12.4. The fraction of sp³-hybridized carbons (Fsp3) is 0.952. The minimum Gasteiger partial charge on any atom is -0.467 e. The van der Waals surface area contributed by atoms with Crippen LogP contribution in [0.2, 0.25) is 0 Å². The van der Waals surface area contributed by atoms with Crippen molar-refractivity contribution in [3.63, 3.8) is 0 Å². The summed E-state index contributed by atoms with van der Waals surface area (Å²) in [5.41, 5.74) is 5.37. The van der Waals surface area contributed by atoms with Crippen molar-refractivity contribution in [2.75, 3.05) is 7.11 Å². The van der Waals surface area contributed by atoms with Gasteiger partial charge in [0, 0.05) is 11.5 Å². The Morgan fingerprint density at radius 1 is 1.12 bits per heavy atom. The number of esters is 1. The summed E-state index contributed by atoms with van der Waals surface area (Å²) in [5, 5.41) is 11.3. The second-order valence-corrected chi connectivity index (χ2v) is 10.00. The van der Waals surface area contributed by atoms with Crippen molar-refractivity contribution in [2.24, 2.45) is 40.2 Å². The van der Waals surface area contributed by atoms with Crippen LogP contribution in [0.4, 0.5) is 0 Å². The van der Waals surface area contributed by atoms with Crippen LogP contribution in [0.3, 0.4) is 0 Å². The first kappa shape index (κ1) is 17.8. The molecule has 0 amide bonds. The zero-order valence-electron chi connectivity index (χ0n) is 16.1. The maximum Gasteiger partial charge on any atom is 0.338 e. The lowest BCUT2D eigenvalue weighted by atomic mass is 9.43. The number of rotatable bonds is 1. The SMILES string of the molecule is COC(=O)C1(O)CC[C@H]2[C@@H]3CCC4CCCC[C@]4(C)[C@@H]3C(N)C[C@@]21C. The molecule has 0 aromatic rings. The van der Waals surface area contributed by atoms with Gasteiger partial charge in [-0.2, -0.15) is 0 Å². The number of fused-ring (bicyclic) bond motifs is 5. The molecule has 4 nitrogen and oxygen atoms in total. The molecular weight excluding hydrogens is 314 g/mol. The van der Waals surface area contributed by atoms with E-state index in [1.54, 1.807) is 0 Å². The molecule has 4 rings (SSSR count). The van der Waals surface area contributed by atoms with Gasteiger partial charge in [0.2, 0.25) is 0 Å². The van der Waals surface area contributed by atoms with Crippen LogP contribution in [0.5, 0.6) is 0 Å². The van der Waals surface area contributed by atoms with Gasteiger partial charge >= 0.3 is 5.97 Å². The number of methoxy groups -OCH3 is 1. The summed E-state index contributed by atoms with van der Waals surface area (Å²) in [4.78, 5) is 12.4. The Morgan fingerprint density at radius 3 is 2.60 bits per heavy atom. The molecule has 4 fully saturated rings. The van der Waals surface area contributed by atoms with Crippen LogP contribution in [0.1, 0.15) is 71.6 Å². The number of carbonyl (C=O) groups is 1. The zero-order valence-corrected chi connectivity index (χ0v) is 16.1. The van der Waals surface area contributed by atoms with Crippen LogP contribution in [0.15, 0.2) is 0 Å². The molecule has 0 aromatic heterocycles. The third-order valence-corrected chi connectivity index (χ3v) is 9.26. The third kappa shape index (κ3) is 2.16. The van der Waals surface area contributed by atoms with E-state index in [9.17, 15) is 9.90 Å². The Balaban J connectivity index is 1.70. The average Bonchev–Trinajstić information content (AvgIpc) is 2.85. The lowest BCUT2D eigenvalue weighted by molar-refractivity contribution is -0.191. The van der Waals surface area contributed by atoms with Crippen molar-refractivity contribution in [1.29, 1.82) is 0 Å². The number of carbonyl (C=O) groups excluding carboxylic acids is 1. The molecule has 4 heteroatoms. The van der Waals surface area contributed by atoms with Gasteiger partial charge < -0.3 is 15.6 Å². The van der Waals surface area contributed by atoms with E-state index in [0.717, 1.165) is 18.8 Å². The Morgan fingerprint density at radius 2 is 1.88 bits per heavy atom. The number of hydrogen-bond acceptors (Lipinski definition) is 4. The quantitative estimate of drug-likeness (QED) is 0.713. The monoisotopic (exact) mass is 349 g/mol. The largest absolute Gasteiger partial charge is 0.467 e. The predicted octanol–water partition coefficient (Wildman–Crippen LogP) is 3.26. The Kier molecular flexibility index (Phi) is 4.05. The highest BCUT2D eigenvalue weighted by atomic mass is 16.5. The molecule has 142 valence electrons. The van der Waals surface area contributed by atoms with Gasteiger partial charge in [-0.3, -0.25) is 0 Å². The lowest BCUT2D eigenvalue weighted by Gasteiger charge is -2.62. The highest BCUT2D eigenvalue weighted by molar-refractivity contribution is 5.81. The van der Waals surface area contributed by atoms with E-state index in [-0.39, 0.29) is 6.04 Å². The van der Waals surface area contributed by atoms with E-state index < -0.39 is 17.0 Å². The molecule has 3 unspecified atom stereocenters. The Labute approximate surface area is 151 Å². The van der Waals surface area contributed by atoms with Crippen molar-refractivity contribution in [2.45, 2.75) is 83.3 Å². The highest BCUT2D eigenvalue weighted by Crippen LogP contribution is 2.68. The van der Waals surface area contributed by atoms with E-state index in [0.29, 0.717) is 29.6 Å². The van der Waals surface area contributed by atoms with Crippen molar-refractivity contribution in [1.82, 2.24) is 0 Å². The number of ether oxygens (including phenoxy) is 1. The van der Waals surface area contributed by atoms with Crippen LogP contribution in [0, 0.1) is 34.5 Å². The normalized spacial score (nSPS) is 55.0. The molecule has 8 atom stereocenters. The first-order chi connectivity index (χ1) is 11.8. The molecule has 0 bridgehead atoms. The van der Waals surface area contributed by atoms with Crippen LogP contribution in [0.25, 0.3) is 0 Å². The first-order valence-electron chi connectivity index (χ1n) is 10.3. The zero-order chi connectivity index (χ0) is 18.0. The summed E-state index contributed by atoms with van der Waals surface area (Å²) < 4.78 is 5.00. The van der Waals surface area contributed by atoms with E-state index in [2.05, 4.69) is 13.8 Å². The molecule has 0 saturated heterocycles. The average molecular weight is 350 g/mol. The van der Waals surface area contributed by atoms with Gasteiger partial charge in [0.05, 0.1) is 7.11 Å². The topological polar surface area (TPSA) is 72.5 Å². The molecule has 4 aliphatic rings. The number of nitrogens with two attached hydrogens (primary N) is 1. The van der Waals surface area contributed by atoms with Gasteiger partial charge in [-0.05, 0) is 74.0 Å². The van der Waals surface area contributed by atoms with Crippen molar-refractivity contribution < 1.29 is 14.6 Å². The van der Waals surface area contributed by atoms with Crippen LogP contribution in [-0.2, 0) is 9.53 Å². The van der Waals surface area contributed by atoms with Crippen LogP contribution < -0.4 is 5.73 Å². The van der Waals surface area contributed by atoms with Gasteiger partial charge in [0.1, 0.15) is 0 Å². The Hall–Kier alpha value is -0.610. The molecule has 0 aliphatic heterocycles. The number of aliphatic hydroxyl groups is 1. The maximum atomic E-state index is 12.4. The van der Waals surface area contributed by atoms with Gasteiger partial charge in [-0.15, -0.1) is 0 Å².